The summed E-state index contributed by atoms with van der Waals surface area (Å²) in [6, 6.07) is 22.4. The molecule has 2 aromatic carbocycles. The van der Waals surface area contributed by atoms with Gasteiger partial charge in [-0.1, -0.05) is 59.1 Å². The van der Waals surface area contributed by atoms with Crippen molar-refractivity contribution in [1.29, 1.82) is 0 Å². The van der Waals surface area contributed by atoms with Crippen molar-refractivity contribution >= 4 is 96.7 Å². The minimum Gasteiger partial charge on any atom is -0.382 e. The number of hydrogen-bond acceptors (Lipinski definition) is 7. The van der Waals surface area contributed by atoms with Crippen LogP contribution in [-0.2, 0) is 15.8 Å². The summed E-state index contributed by atoms with van der Waals surface area (Å²) in [4.78, 5) is 16.0. The minimum absolute atomic E-state index is 0.104. The number of halogens is 6. The molecular formula is C31H27Cl6N8O2P. The molecular weight excluding hydrogens is 760 g/mol. The molecule has 6 aromatic rings. The van der Waals surface area contributed by atoms with E-state index in [9.17, 15) is 9.36 Å². The molecule has 17 heteroatoms. The highest BCUT2D eigenvalue weighted by Gasteiger charge is 2.20. The summed E-state index contributed by atoms with van der Waals surface area (Å²) >= 11 is 31.7. The first-order valence-corrected chi connectivity index (χ1v) is 19.4. The predicted molar refractivity (Wildman–Crippen MR) is 197 cm³/mol. The maximum absolute atomic E-state index is 11.7. The summed E-state index contributed by atoms with van der Waals surface area (Å²) in [5, 5.41) is 13.8. The van der Waals surface area contributed by atoms with Crippen LogP contribution in [0, 0.1) is 20.8 Å². The zero-order valence-electron chi connectivity index (χ0n) is 25.5. The number of aromatic nitrogens is 7. The molecule has 10 nitrogen and oxygen atoms in total. The highest BCUT2D eigenvalue weighted by atomic mass is 36.0. The summed E-state index contributed by atoms with van der Waals surface area (Å²) in [5.41, 5.74) is 13.4. The van der Waals surface area contributed by atoms with Gasteiger partial charge in [0.2, 0.25) is 0 Å². The van der Waals surface area contributed by atoms with Crippen LogP contribution in [0.1, 0.15) is 28.3 Å². The zero-order chi connectivity index (χ0) is 35.2. The van der Waals surface area contributed by atoms with Gasteiger partial charge >= 0.3 is 5.20 Å². The molecule has 0 atom stereocenters. The molecule has 0 saturated heterocycles. The second-order valence-electron chi connectivity index (χ2n) is 10.3. The molecule has 250 valence electrons. The fraction of sp³-hybridized carbons (Fsp3) is 0.129. The highest BCUT2D eigenvalue weighted by Crippen LogP contribution is 2.61. The SMILES string of the molecule is Cc1cc(N)n[nH]1.Cc1cc2n(n1)C(c1ccc(Cl)cc1)=CC(=O)C2.Cc1cc2nc(Cl)cc(-c3ccc(Cl)cc3)n2n1.O=P(Cl)(Cl)Cl. The smallest absolute Gasteiger partial charge is 0.339 e. The lowest BCUT2D eigenvalue weighted by Gasteiger charge is -2.15. The Morgan fingerprint density at radius 3 is 1.90 bits per heavy atom. The number of nitrogen functional groups attached to an aromatic ring is 1. The van der Waals surface area contributed by atoms with Gasteiger partial charge in [0.05, 0.1) is 34.9 Å². The Hall–Kier alpha value is -3.34. The van der Waals surface area contributed by atoms with E-state index in [0.717, 1.165) is 50.9 Å². The number of allylic oxidation sites excluding steroid dienone is 1. The number of carbonyl (C=O) groups excluding carboxylic acids is 1. The Morgan fingerprint density at radius 1 is 0.812 bits per heavy atom. The van der Waals surface area contributed by atoms with E-state index in [2.05, 4.69) is 59.1 Å². The Labute approximate surface area is 305 Å². The number of fused-ring (bicyclic) bond motifs is 2. The standard InChI is InChI=1S/C14H11ClN2O.C13H9Cl2N3.C4H7N3.Cl3OP/c1-9-6-12-7-13(18)8-14(17(12)16-9)10-2-4-11(15)5-3-10;1-8-6-13-16-12(15)7-11(18(13)17-8)9-2-4-10(14)5-3-9;1-3-2-4(5)7-6-3;1-5(2,3)4/h2-6,8H,7H2,1H3;2-7H,1H3;2H,1H3,(H3,5,6,7);. The van der Waals surface area contributed by atoms with Crippen molar-refractivity contribution in [3.63, 3.8) is 0 Å². The van der Waals surface area contributed by atoms with Gasteiger partial charge in [-0.2, -0.15) is 15.3 Å². The van der Waals surface area contributed by atoms with Gasteiger partial charge in [0.1, 0.15) is 11.0 Å². The maximum Gasteiger partial charge on any atom is 0.339 e. The summed E-state index contributed by atoms with van der Waals surface area (Å²) in [7, 11) is 0. The average Bonchev–Trinajstić information content (AvgIpc) is 3.68. The first-order chi connectivity index (χ1) is 22.5. The Kier molecular flexibility index (Phi) is 12.8. The fourth-order valence-corrected chi connectivity index (χ4v) is 4.92. The second kappa shape index (κ2) is 16.4. The topological polar surface area (TPSA) is 137 Å². The van der Waals surface area contributed by atoms with Crippen molar-refractivity contribution < 1.29 is 9.36 Å². The first-order valence-electron chi connectivity index (χ1n) is 13.9. The molecule has 48 heavy (non-hydrogen) atoms. The fourth-order valence-electron chi connectivity index (χ4n) is 4.48. The number of nitrogens with two attached hydrogens (primary N) is 1. The molecule has 1 aliphatic heterocycles. The molecule has 0 radical (unpaired) electrons. The van der Waals surface area contributed by atoms with Gasteiger partial charge in [0.25, 0.3) is 0 Å². The summed E-state index contributed by atoms with van der Waals surface area (Å²) in [6.07, 6.45) is 2.06. The van der Waals surface area contributed by atoms with Crippen molar-refractivity contribution in [3.05, 3.63) is 122 Å². The number of nitrogens with zero attached hydrogens (tertiary/aromatic N) is 6. The van der Waals surface area contributed by atoms with Crippen LogP contribution in [0.4, 0.5) is 5.82 Å². The van der Waals surface area contributed by atoms with Crippen LogP contribution in [0.25, 0.3) is 22.6 Å². The number of nitrogens with one attached hydrogen (secondary N) is 1. The zero-order valence-corrected chi connectivity index (χ0v) is 30.9. The highest BCUT2D eigenvalue weighted by molar-refractivity contribution is 8.24. The average molecular weight is 787 g/mol. The minimum atomic E-state index is -3.22. The predicted octanol–water partition coefficient (Wildman–Crippen LogP) is 9.98. The Balaban J connectivity index is 0.000000163. The molecule has 1 aliphatic rings. The number of hydrogen-bond donors (Lipinski definition) is 2. The van der Waals surface area contributed by atoms with E-state index in [4.69, 9.17) is 40.5 Å². The van der Waals surface area contributed by atoms with Crippen molar-refractivity contribution in [3.8, 4) is 11.3 Å². The molecule has 0 unspecified atom stereocenters. The first kappa shape index (κ1) is 37.5. The lowest BCUT2D eigenvalue weighted by Crippen LogP contribution is -2.16. The molecule has 5 heterocycles. The summed E-state index contributed by atoms with van der Waals surface area (Å²) in [5.74, 6) is 0.657. The van der Waals surface area contributed by atoms with Crippen LogP contribution in [0.15, 0.2) is 78.9 Å². The quantitative estimate of drug-likeness (QED) is 0.132. The van der Waals surface area contributed by atoms with E-state index in [1.807, 2.05) is 86.1 Å². The third-order valence-electron chi connectivity index (χ3n) is 6.31. The second-order valence-corrected chi connectivity index (χ2v) is 18.2. The third kappa shape index (κ3) is 11.1. The Morgan fingerprint density at radius 2 is 1.38 bits per heavy atom. The molecule has 0 bridgehead atoms. The van der Waals surface area contributed by atoms with Gasteiger partial charge in [-0.3, -0.25) is 14.5 Å². The van der Waals surface area contributed by atoms with E-state index < -0.39 is 5.20 Å². The van der Waals surface area contributed by atoms with Gasteiger partial charge in [0, 0.05) is 51.1 Å². The number of benzene rings is 2. The number of rotatable bonds is 2. The molecule has 7 rings (SSSR count). The third-order valence-corrected chi connectivity index (χ3v) is 7.01. The van der Waals surface area contributed by atoms with Gasteiger partial charge < -0.3 is 5.73 Å². The lowest BCUT2D eigenvalue weighted by atomic mass is 10.1. The van der Waals surface area contributed by atoms with Crippen LogP contribution in [-0.4, -0.2) is 40.4 Å². The molecule has 0 aliphatic carbocycles. The van der Waals surface area contributed by atoms with Crippen LogP contribution in [0.2, 0.25) is 15.2 Å². The maximum atomic E-state index is 11.7. The van der Waals surface area contributed by atoms with Gasteiger partial charge in [-0.15, -0.1) is 0 Å². The Bertz CT molecular complexity index is 2090. The number of aryl methyl sites for hydroxylation is 3. The van der Waals surface area contributed by atoms with Crippen LogP contribution in [0.5, 0.6) is 0 Å². The molecule has 0 fully saturated rings. The van der Waals surface area contributed by atoms with E-state index in [-0.39, 0.29) is 5.78 Å². The van der Waals surface area contributed by atoms with Crippen molar-refractivity contribution in [2.45, 2.75) is 27.2 Å². The normalized spacial score (nSPS) is 12.1. The molecule has 0 amide bonds. The van der Waals surface area contributed by atoms with Crippen molar-refractivity contribution in [1.82, 2.24) is 34.6 Å². The molecule has 4 aromatic heterocycles. The monoisotopic (exact) mass is 784 g/mol. The van der Waals surface area contributed by atoms with E-state index in [1.54, 1.807) is 22.7 Å². The summed E-state index contributed by atoms with van der Waals surface area (Å²) < 4.78 is 13.1. The van der Waals surface area contributed by atoms with E-state index >= 15 is 0 Å². The number of H-pyrrole nitrogens is 1. The molecule has 3 N–H and O–H groups in total. The summed E-state index contributed by atoms with van der Waals surface area (Å²) in [6.45, 7) is 5.76. The van der Waals surface area contributed by atoms with Crippen LogP contribution < -0.4 is 5.73 Å². The van der Waals surface area contributed by atoms with Crippen molar-refractivity contribution in [2.75, 3.05) is 5.73 Å². The largest absolute Gasteiger partial charge is 0.382 e. The van der Waals surface area contributed by atoms with Gasteiger partial charge in [-0.25, -0.2) is 14.2 Å². The molecule has 0 spiro atoms. The van der Waals surface area contributed by atoms with E-state index in [1.165, 1.54) is 0 Å². The number of ketones is 1. The van der Waals surface area contributed by atoms with Crippen molar-refractivity contribution in [2.24, 2.45) is 0 Å². The van der Waals surface area contributed by atoms with Gasteiger partial charge in [0.15, 0.2) is 11.4 Å². The lowest BCUT2D eigenvalue weighted by molar-refractivity contribution is -0.114. The molecule has 0 saturated carbocycles. The van der Waals surface area contributed by atoms with E-state index in [0.29, 0.717) is 27.4 Å². The van der Waals surface area contributed by atoms with Crippen LogP contribution in [0.3, 0.4) is 0 Å². The number of carbonyl (C=O) groups is 1. The van der Waals surface area contributed by atoms with Crippen LogP contribution >= 0.6 is 73.7 Å². The number of anilines is 1. The number of aromatic amines is 1. The van der Waals surface area contributed by atoms with Gasteiger partial charge in [-0.05, 0) is 84.8 Å².